The van der Waals surface area contributed by atoms with E-state index in [0.29, 0.717) is 35.7 Å². The van der Waals surface area contributed by atoms with Gasteiger partial charge in [-0.15, -0.1) is 11.8 Å². The van der Waals surface area contributed by atoms with Crippen molar-refractivity contribution in [3.8, 4) is 11.5 Å². The summed E-state index contributed by atoms with van der Waals surface area (Å²) < 4.78 is 10.5. The highest BCUT2D eigenvalue weighted by Gasteiger charge is 2.47. The number of benzene rings is 2. The van der Waals surface area contributed by atoms with E-state index in [9.17, 15) is 14.4 Å². The largest absolute Gasteiger partial charge is 0.497 e. The molecular formula is C24H24N2O5S. The molecule has 2 aliphatic rings. The molecule has 1 saturated heterocycles. The second kappa shape index (κ2) is 9.48. The molecule has 0 aromatic heterocycles. The molecule has 0 spiro atoms. The van der Waals surface area contributed by atoms with Gasteiger partial charge in [-0.3, -0.25) is 19.3 Å². The molecule has 8 heteroatoms. The monoisotopic (exact) mass is 452 g/mol. The molecule has 1 fully saturated rings. The Hall–Kier alpha value is -3.26. The van der Waals surface area contributed by atoms with Crippen LogP contribution in [0.15, 0.2) is 59.5 Å². The summed E-state index contributed by atoms with van der Waals surface area (Å²) in [5.74, 6) is 0.424. The summed E-state index contributed by atoms with van der Waals surface area (Å²) >= 11 is 1.37. The molecule has 2 aromatic rings. The molecule has 166 valence electrons. The molecular weight excluding hydrogens is 428 g/mol. The van der Waals surface area contributed by atoms with E-state index in [1.165, 1.54) is 23.8 Å². The predicted molar refractivity (Wildman–Crippen MR) is 123 cm³/mol. The summed E-state index contributed by atoms with van der Waals surface area (Å²) in [6.45, 7) is 0. The highest BCUT2D eigenvalue weighted by molar-refractivity contribution is 8.00. The van der Waals surface area contributed by atoms with Gasteiger partial charge in [0.25, 0.3) is 0 Å². The van der Waals surface area contributed by atoms with E-state index < -0.39 is 0 Å². The number of nitrogens with zero attached hydrogens (tertiary/aromatic N) is 1. The Kier molecular flexibility index (Phi) is 6.50. The van der Waals surface area contributed by atoms with Crippen LogP contribution in [0.25, 0.3) is 0 Å². The number of rotatable bonds is 7. The zero-order chi connectivity index (χ0) is 22.7. The number of nitrogens with one attached hydrogen (secondary N) is 1. The number of fused-ring (bicyclic) bond motifs is 1. The maximum atomic E-state index is 12.7. The highest BCUT2D eigenvalue weighted by atomic mass is 32.2. The molecule has 3 amide bonds. The van der Waals surface area contributed by atoms with Crippen LogP contribution in [0, 0.1) is 11.8 Å². The average Bonchev–Trinajstić information content (AvgIpc) is 3.08. The van der Waals surface area contributed by atoms with Crippen LogP contribution in [0.5, 0.6) is 11.5 Å². The van der Waals surface area contributed by atoms with Gasteiger partial charge in [-0.2, -0.15) is 0 Å². The molecule has 0 unspecified atom stereocenters. The second-order valence-corrected chi connectivity index (χ2v) is 8.61. The lowest BCUT2D eigenvalue weighted by atomic mass is 9.85. The number of anilines is 2. The van der Waals surface area contributed by atoms with E-state index in [-0.39, 0.29) is 35.3 Å². The Labute approximate surface area is 190 Å². The van der Waals surface area contributed by atoms with Crippen molar-refractivity contribution in [3.05, 3.63) is 54.6 Å². The van der Waals surface area contributed by atoms with Crippen LogP contribution in [0.1, 0.15) is 12.8 Å². The fourth-order valence-corrected chi connectivity index (χ4v) is 4.68. The standard InChI is InChI=1S/C24H24N2O5S/c1-30-16-9-12-20(21(13-16)31-2)25-22(27)14-32-17-10-7-15(8-11-17)26-23(28)18-5-3-4-6-19(18)24(26)29/h3-4,7-13,18-19H,5-6,14H2,1-2H3,(H,25,27)/t18-,19-/m0/s1. The minimum absolute atomic E-state index is 0.127. The Morgan fingerprint density at radius 1 is 1.00 bits per heavy atom. The van der Waals surface area contributed by atoms with Crippen molar-refractivity contribution >= 4 is 40.9 Å². The van der Waals surface area contributed by atoms with Gasteiger partial charge < -0.3 is 14.8 Å². The molecule has 2 aromatic carbocycles. The van der Waals surface area contributed by atoms with Gasteiger partial charge in [-0.1, -0.05) is 12.2 Å². The molecule has 2 atom stereocenters. The maximum Gasteiger partial charge on any atom is 0.238 e. The normalized spacial score (nSPS) is 19.6. The van der Waals surface area contributed by atoms with E-state index in [2.05, 4.69) is 5.32 Å². The van der Waals surface area contributed by atoms with Crippen LogP contribution in [0.3, 0.4) is 0 Å². The third kappa shape index (κ3) is 4.36. The molecule has 0 saturated carbocycles. The van der Waals surface area contributed by atoms with Crippen LogP contribution >= 0.6 is 11.8 Å². The maximum absolute atomic E-state index is 12.7. The van der Waals surface area contributed by atoms with Crippen LogP contribution < -0.4 is 19.7 Å². The number of hydrogen-bond acceptors (Lipinski definition) is 6. The van der Waals surface area contributed by atoms with Gasteiger partial charge in [0.2, 0.25) is 17.7 Å². The topological polar surface area (TPSA) is 84.9 Å². The van der Waals surface area contributed by atoms with Gasteiger partial charge >= 0.3 is 0 Å². The summed E-state index contributed by atoms with van der Waals surface area (Å²) in [7, 11) is 3.09. The van der Waals surface area contributed by atoms with Gasteiger partial charge in [0, 0.05) is 11.0 Å². The van der Waals surface area contributed by atoms with Gasteiger partial charge in [0.05, 0.1) is 43.2 Å². The quantitative estimate of drug-likeness (QED) is 0.390. The Morgan fingerprint density at radius 2 is 1.66 bits per heavy atom. The number of methoxy groups -OCH3 is 2. The molecule has 1 N–H and O–H groups in total. The van der Waals surface area contributed by atoms with Crippen molar-refractivity contribution in [1.82, 2.24) is 0 Å². The van der Waals surface area contributed by atoms with Crippen molar-refractivity contribution < 1.29 is 23.9 Å². The molecule has 0 bridgehead atoms. The lowest BCUT2D eigenvalue weighted by Crippen LogP contribution is -2.30. The number of allylic oxidation sites excluding steroid dienone is 2. The van der Waals surface area contributed by atoms with Crippen LogP contribution in [-0.2, 0) is 14.4 Å². The summed E-state index contributed by atoms with van der Waals surface area (Å²) in [4.78, 5) is 40.0. The van der Waals surface area contributed by atoms with Crippen LogP contribution in [-0.4, -0.2) is 37.7 Å². The van der Waals surface area contributed by atoms with E-state index in [0.717, 1.165) is 4.90 Å². The highest BCUT2D eigenvalue weighted by Crippen LogP contribution is 2.38. The van der Waals surface area contributed by atoms with Gasteiger partial charge in [-0.25, -0.2) is 0 Å². The summed E-state index contributed by atoms with van der Waals surface area (Å²) in [5.41, 5.74) is 1.14. The van der Waals surface area contributed by atoms with E-state index in [1.54, 1.807) is 37.4 Å². The number of carbonyl (C=O) groups is 3. The Balaban J connectivity index is 1.36. The number of thioether (sulfide) groups is 1. The smallest absolute Gasteiger partial charge is 0.238 e. The van der Waals surface area contributed by atoms with E-state index >= 15 is 0 Å². The van der Waals surface area contributed by atoms with Crippen molar-refractivity contribution in [2.75, 3.05) is 30.2 Å². The molecule has 7 nitrogen and oxygen atoms in total. The third-order valence-corrected chi connectivity index (χ3v) is 6.67. The number of amides is 3. The number of ether oxygens (including phenoxy) is 2. The first-order valence-corrected chi connectivity index (χ1v) is 11.3. The molecule has 32 heavy (non-hydrogen) atoms. The molecule has 1 aliphatic heterocycles. The second-order valence-electron chi connectivity index (χ2n) is 7.56. The first-order valence-electron chi connectivity index (χ1n) is 10.3. The van der Waals surface area contributed by atoms with Gasteiger partial charge in [-0.05, 0) is 49.2 Å². The van der Waals surface area contributed by atoms with E-state index in [4.69, 9.17) is 9.47 Å². The lowest BCUT2D eigenvalue weighted by Gasteiger charge is -2.15. The summed E-state index contributed by atoms with van der Waals surface area (Å²) in [6.07, 6.45) is 5.19. The minimum Gasteiger partial charge on any atom is -0.497 e. The number of carbonyl (C=O) groups excluding carboxylic acids is 3. The van der Waals surface area contributed by atoms with Crippen molar-refractivity contribution in [1.29, 1.82) is 0 Å². The number of imide groups is 1. The molecule has 0 radical (unpaired) electrons. The first kappa shape index (κ1) is 22.0. The third-order valence-electron chi connectivity index (χ3n) is 5.66. The van der Waals surface area contributed by atoms with Gasteiger partial charge in [0.15, 0.2) is 0 Å². The summed E-state index contributed by atoms with van der Waals surface area (Å²) in [5, 5.41) is 2.84. The fourth-order valence-electron chi connectivity index (χ4n) is 3.98. The lowest BCUT2D eigenvalue weighted by molar-refractivity contribution is -0.122. The summed E-state index contributed by atoms with van der Waals surface area (Å²) in [6, 6.07) is 12.3. The fraction of sp³-hybridized carbons (Fsp3) is 0.292. The van der Waals surface area contributed by atoms with Crippen molar-refractivity contribution in [3.63, 3.8) is 0 Å². The predicted octanol–water partition coefficient (Wildman–Crippen LogP) is 3.89. The van der Waals surface area contributed by atoms with Gasteiger partial charge in [0.1, 0.15) is 11.5 Å². The number of hydrogen-bond donors (Lipinski definition) is 1. The zero-order valence-corrected chi connectivity index (χ0v) is 18.7. The average molecular weight is 453 g/mol. The molecule has 1 aliphatic carbocycles. The van der Waals surface area contributed by atoms with Crippen molar-refractivity contribution in [2.24, 2.45) is 11.8 Å². The zero-order valence-electron chi connectivity index (χ0n) is 17.9. The first-order chi connectivity index (χ1) is 15.5. The minimum atomic E-state index is -0.250. The molecule has 4 rings (SSSR count). The Morgan fingerprint density at radius 3 is 2.25 bits per heavy atom. The van der Waals surface area contributed by atoms with Crippen LogP contribution in [0.4, 0.5) is 11.4 Å². The van der Waals surface area contributed by atoms with Crippen LogP contribution in [0.2, 0.25) is 0 Å². The molecule has 1 heterocycles. The van der Waals surface area contributed by atoms with E-state index in [1.807, 2.05) is 24.3 Å². The Bertz CT molecular complexity index is 1040. The van der Waals surface area contributed by atoms with Crippen molar-refractivity contribution in [2.45, 2.75) is 17.7 Å². The SMILES string of the molecule is COc1ccc(NC(=O)CSc2ccc(N3C(=O)[C@H]4CC=CC[C@@H]4C3=O)cc2)c(OC)c1.